The van der Waals surface area contributed by atoms with Crippen LogP contribution in [-0.2, 0) is 16.1 Å². The minimum Gasteiger partial charge on any atom is -0.493 e. The van der Waals surface area contributed by atoms with Crippen molar-refractivity contribution in [2.24, 2.45) is 0 Å². The van der Waals surface area contributed by atoms with Crippen LogP contribution in [0.1, 0.15) is 18.1 Å². The quantitative estimate of drug-likeness (QED) is 0.492. The highest BCUT2D eigenvalue weighted by Crippen LogP contribution is 2.38. The molecular formula is C26H25N3O4. The summed E-state index contributed by atoms with van der Waals surface area (Å²) in [6.45, 7) is 2.63. The van der Waals surface area contributed by atoms with Crippen LogP contribution in [-0.4, -0.2) is 42.5 Å². The van der Waals surface area contributed by atoms with Gasteiger partial charge in [-0.15, -0.1) is 0 Å². The van der Waals surface area contributed by atoms with Crippen LogP contribution in [0.15, 0.2) is 78.8 Å². The molecule has 1 aromatic heterocycles. The lowest BCUT2D eigenvalue weighted by Gasteiger charge is -2.25. The average molecular weight is 444 g/mol. The predicted octanol–water partition coefficient (Wildman–Crippen LogP) is 3.91. The van der Waals surface area contributed by atoms with Crippen LogP contribution in [0.5, 0.6) is 11.5 Å². The predicted molar refractivity (Wildman–Crippen MR) is 126 cm³/mol. The number of para-hydroxylation sites is 1. The Labute approximate surface area is 192 Å². The molecule has 0 aliphatic carbocycles. The summed E-state index contributed by atoms with van der Waals surface area (Å²) in [6.07, 6.45) is 3.29. The van der Waals surface area contributed by atoms with Crippen molar-refractivity contribution in [3.63, 3.8) is 0 Å². The zero-order valence-electron chi connectivity index (χ0n) is 18.8. The molecule has 0 N–H and O–H groups in total. The maximum Gasteiger partial charge on any atom is 0.278 e. The SMILES string of the molecule is CCN(C1=C(c2ccc(OC)c(OC)c2)C(=O)N(Cc2ccncc2)C1=O)c1ccccc1. The summed E-state index contributed by atoms with van der Waals surface area (Å²) < 4.78 is 10.8. The number of hydrogen-bond donors (Lipinski definition) is 0. The number of pyridine rings is 1. The first-order valence-electron chi connectivity index (χ1n) is 10.6. The Bertz CT molecular complexity index is 1190. The van der Waals surface area contributed by atoms with Crippen LogP contribution in [0.3, 0.4) is 0 Å². The number of methoxy groups -OCH3 is 2. The normalized spacial score (nSPS) is 13.5. The Hall–Kier alpha value is -4.13. The van der Waals surface area contributed by atoms with Gasteiger partial charge in [0.15, 0.2) is 11.5 Å². The van der Waals surface area contributed by atoms with E-state index in [0.717, 1.165) is 11.3 Å². The van der Waals surface area contributed by atoms with Crippen LogP contribution in [0.2, 0.25) is 0 Å². The molecule has 0 atom stereocenters. The van der Waals surface area contributed by atoms with Gasteiger partial charge < -0.3 is 14.4 Å². The molecule has 0 saturated heterocycles. The van der Waals surface area contributed by atoms with E-state index in [2.05, 4.69) is 4.98 Å². The Morgan fingerprint density at radius 2 is 1.58 bits per heavy atom. The largest absolute Gasteiger partial charge is 0.493 e. The van der Waals surface area contributed by atoms with Gasteiger partial charge in [0.2, 0.25) is 0 Å². The third kappa shape index (κ3) is 4.17. The fourth-order valence-corrected chi connectivity index (χ4v) is 3.96. The summed E-state index contributed by atoms with van der Waals surface area (Å²) in [5.41, 5.74) is 2.92. The average Bonchev–Trinajstić information content (AvgIpc) is 3.10. The third-order valence-corrected chi connectivity index (χ3v) is 5.56. The number of aromatic nitrogens is 1. The highest BCUT2D eigenvalue weighted by Gasteiger charge is 2.41. The van der Waals surface area contributed by atoms with Crippen molar-refractivity contribution in [2.75, 3.05) is 25.7 Å². The maximum absolute atomic E-state index is 13.7. The molecule has 0 unspecified atom stereocenters. The number of ether oxygens (including phenoxy) is 2. The second-order valence-electron chi connectivity index (χ2n) is 7.43. The van der Waals surface area contributed by atoms with Gasteiger partial charge >= 0.3 is 0 Å². The number of hydrogen-bond acceptors (Lipinski definition) is 6. The van der Waals surface area contributed by atoms with Crippen molar-refractivity contribution in [3.8, 4) is 11.5 Å². The molecule has 1 aliphatic rings. The van der Waals surface area contributed by atoms with E-state index in [0.29, 0.717) is 34.9 Å². The maximum atomic E-state index is 13.7. The molecule has 2 aromatic carbocycles. The van der Waals surface area contributed by atoms with Gasteiger partial charge in [0, 0.05) is 24.6 Å². The zero-order valence-corrected chi connectivity index (χ0v) is 18.8. The van der Waals surface area contributed by atoms with Gasteiger partial charge in [0.25, 0.3) is 11.8 Å². The van der Waals surface area contributed by atoms with Crippen molar-refractivity contribution in [1.82, 2.24) is 9.88 Å². The molecule has 0 fully saturated rings. The van der Waals surface area contributed by atoms with Gasteiger partial charge in [-0.3, -0.25) is 19.5 Å². The molecule has 4 rings (SSSR count). The lowest BCUT2D eigenvalue weighted by atomic mass is 10.0. The Morgan fingerprint density at radius 3 is 2.21 bits per heavy atom. The highest BCUT2D eigenvalue weighted by atomic mass is 16.5. The summed E-state index contributed by atoms with van der Waals surface area (Å²) in [4.78, 5) is 34.5. The molecule has 0 bridgehead atoms. The summed E-state index contributed by atoms with van der Waals surface area (Å²) in [7, 11) is 3.09. The van der Waals surface area contributed by atoms with Gasteiger partial charge in [0.05, 0.1) is 26.3 Å². The number of carbonyl (C=O) groups excluding carboxylic acids is 2. The molecule has 0 radical (unpaired) electrons. The van der Waals surface area contributed by atoms with Crippen molar-refractivity contribution in [1.29, 1.82) is 0 Å². The van der Waals surface area contributed by atoms with Crippen LogP contribution in [0.4, 0.5) is 5.69 Å². The number of carbonyl (C=O) groups is 2. The monoisotopic (exact) mass is 443 g/mol. The lowest BCUT2D eigenvalue weighted by molar-refractivity contribution is -0.137. The third-order valence-electron chi connectivity index (χ3n) is 5.56. The summed E-state index contributed by atoms with van der Waals surface area (Å²) in [5.74, 6) is 0.336. The molecule has 0 saturated carbocycles. The van der Waals surface area contributed by atoms with Crippen molar-refractivity contribution in [2.45, 2.75) is 13.5 Å². The van der Waals surface area contributed by atoms with E-state index in [4.69, 9.17) is 9.47 Å². The summed E-state index contributed by atoms with van der Waals surface area (Å²) >= 11 is 0. The molecule has 7 nitrogen and oxygen atoms in total. The van der Waals surface area contributed by atoms with Gasteiger partial charge in [-0.1, -0.05) is 24.3 Å². The van der Waals surface area contributed by atoms with Gasteiger partial charge in [-0.2, -0.15) is 0 Å². The van der Waals surface area contributed by atoms with Crippen LogP contribution in [0, 0.1) is 0 Å². The number of benzene rings is 2. The highest BCUT2D eigenvalue weighted by molar-refractivity contribution is 6.36. The smallest absolute Gasteiger partial charge is 0.278 e. The Balaban J connectivity index is 1.86. The Morgan fingerprint density at radius 1 is 0.879 bits per heavy atom. The fraction of sp³-hybridized carbons (Fsp3) is 0.192. The van der Waals surface area contributed by atoms with Crippen molar-refractivity contribution >= 4 is 23.1 Å². The van der Waals surface area contributed by atoms with E-state index in [1.807, 2.05) is 42.2 Å². The molecule has 2 heterocycles. The van der Waals surface area contributed by atoms with Gasteiger partial charge in [-0.05, 0) is 54.4 Å². The van der Waals surface area contributed by atoms with Crippen molar-refractivity contribution in [3.05, 3.63) is 89.9 Å². The first-order valence-corrected chi connectivity index (χ1v) is 10.6. The second kappa shape index (κ2) is 9.56. The minimum absolute atomic E-state index is 0.160. The summed E-state index contributed by atoms with van der Waals surface area (Å²) in [5, 5.41) is 0. The van der Waals surface area contributed by atoms with Crippen LogP contribution < -0.4 is 14.4 Å². The first-order chi connectivity index (χ1) is 16.1. The topological polar surface area (TPSA) is 72.0 Å². The van der Waals surface area contributed by atoms with E-state index in [1.165, 1.54) is 12.0 Å². The summed E-state index contributed by atoms with van der Waals surface area (Å²) in [6, 6.07) is 18.4. The van der Waals surface area contributed by atoms with E-state index >= 15 is 0 Å². The Kier molecular flexibility index (Phi) is 6.40. The molecule has 7 heteroatoms. The lowest BCUT2D eigenvalue weighted by Crippen LogP contribution is -2.34. The van der Waals surface area contributed by atoms with Crippen LogP contribution >= 0.6 is 0 Å². The number of imide groups is 1. The fourth-order valence-electron chi connectivity index (χ4n) is 3.96. The zero-order chi connectivity index (χ0) is 23.4. The van der Waals surface area contributed by atoms with Crippen molar-refractivity contribution < 1.29 is 19.1 Å². The number of rotatable bonds is 8. The molecule has 3 aromatic rings. The van der Waals surface area contributed by atoms with Crippen LogP contribution in [0.25, 0.3) is 5.57 Å². The van der Waals surface area contributed by atoms with E-state index < -0.39 is 0 Å². The number of nitrogens with zero attached hydrogens (tertiary/aromatic N) is 3. The number of anilines is 1. The molecule has 0 spiro atoms. The first kappa shape index (κ1) is 22.1. The molecule has 33 heavy (non-hydrogen) atoms. The van der Waals surface area contributed by atoms with Gasteiger partial charge in [0.1, 0.15) is 5.70 Å². The second-order valence-corrected chi connectivity index (χ2v) is 7.43. The molecule has 2 amide bonds. The molecular weight excluding hydrogens is 418 g/mol. The van der Waals surface area contributed by atoms with E-state index in [9.17, 15) is 9.59 Å². The molecule has 168 valence electrons. The van der Waals surface area contributed by atoms with Gasteiger partial charge in [-0.25, -0.2) is 0 Å². The number of likely N-dealkylation sites (N-methyl/N-ethyl adjacent to an activating group) is 1. The number of amides is 2. The molecule has 1 aliphatic heterocycles. The van der Waals surface area contributed by atoms with E-state index in [1.54, 1.807) is 49.8 Å². The standard InChI is InChI=1S/C26H25N3O4/c1-4-28(20-8-6-5-7-9-20)24-23(19-10-11-21(32-2)22(16-19)33-3)25(30)29(26(24)31)17-18-12-14-27-15-13-18/h5-16H,4,17H2,1-3H3. The minimum atomic E-state index is -0.353. The van der Waals surface area contributed by atoms with E-state index in [-0.39, 0.29) is 18.4 Å².